The maximum absolute atomic E-state index is 6.10. The maximum atomic E-state index is 6.10. The summed E-state index contributed by atoms with van der Waals surface area (Å²) in [7, 11) is 0. The number of rotatable bonds is 4. The molecule has 2 aromatic rings. The molecule has 0 atom stereocenters. The van der Waals surface area contributed by atoms with Crippen molar-refractivity contribution in [3.8, 4) is 11.5 Å². The third kappa shape index (κ3) is 3.86. The summed E-state index contributed by atoms with van der Waals surface area (Å²) in [4.78, 5) is 0. The SMILES string of the molecule is NCCc1ccc(Oc2cc(Cl)c(Br)cc2Cl)cc1. The van der Waals surface area contributed by atoms with Gasteiger partial charge in [0.05, 0.1) is 10.0 Å². The highest BCUT2D eigenvalue weighted by Crippen LogP contribution is 2.36. The van der Waals surface area contributed by atoms with Crippen LogP contribution in [0.5, 0.6) is 11.5 Å². The number of hydrogen-bond donors (Lipinski definition) is 1. The van der Waals surface area contributed by atoms with Crippen LogP contribution >= 0.6 is 39.1 Å². The van der Waals surface area contributed by atoms with Gasteiger partial charge in [0.15, 0.2) is 0 Å². The molecule has 0 aromatic heterocycles. The van der Waals surface area contributed by atoms with E-state index in [0.717, 1.165) is 10.9 Å². The Morgan fingerprint density at radius 1 is 1.05 bits per heavy atom. The van der Waals surface area contributed by atoms with Crippen LogP contribution in [-0.4, -0.2) is 6.54 Å². The van der Waals surface area contributed by atoms with Crippen molar-refractivity contribution in [1.29, 1.82) is 0 Å². The third-order valence-electron chi connectivity index (χ3n) is 2.56. The van der Waals surface area contributed by atoms with Gasteiger partial charge in [-0.15, -0.1) is 0 Å². The summed E-state index contributed by atoms with van der Waals surface area (Å²) in [6.45, 7) is 0.633. The molecular weight excluding hydrogens is 349 g/mol. The molecule has 2 N–H and O–H groups in total. The molecule has 0 aliphatic rings. The number of nitrogens with two attached hydrogens (primary N) is 1. The molecule has 0 unspecified atom stereocenters. The minimum Gasteiger partial charge on any atom is -0.456 e. The Kier molecular flexibility index (Phi) is 5.11. The van der Waals surface area contributed by atoms with Crippen molar-refractivity contribution < 1.29 is 4.74 Å². The lowest BCUT2D eigenvalue weighted by molar-refractivity contribution is 0.482. The lowest BCUT2D eigenvalue weighted by Gasteiger charge is -2.09. The molecule has 100 valence electrons. The fourth-order valence-electron chi connectivity index (χ4n) is 1.60. The molecular formula is C14H12BrCl2NO. The minimum absolute atomic E-state index is 0.502. The van der Waals surface area contributed by atoms with Crippen LogP contribution < -0.4 is 10.5 Å². The summed E-state index contributed by atoms with van der Waals surface area (Å²) in [5, 5.41) is 1.06. The molecule has 2 nitrogen and oxygen atoms in total. The Morgan fingerprint density at radius 2 is 1.74 bits per heavy atom. The van der Waals surface area contributed by atoms with Crippen molar-refractivity contribution >= 4 is 39.1 Å². The highest BCUT2D eigenvalue weighted by atomic mass is 79.9. The van der Waals surface area contributed by atoms with Crippen LogP contribution in [0, 0.1) is 0 Å². The van der Waals surface area contributed by atoms with E-state index in [-0.39, 0.29) is 0 Å². The first-order chi connectivity index (χ1) is 9.10. The Labute approximate surface area is 130 Å². The van der Waals surface area contributed by atoms with E-state index in [1.165, 1.54) is 5.56 Å². The Morgan fingerprint density at radius 3 is 2.37 bits per heavy atom. The summed E-state index contributed by atoms with van der Waals surface area (Å²) in [5.74, 6) is 1.24. The zero-order valence-corrected chi connectivity index (χ0v) is 13.1. The molecule has 0 aliphatic carbocycles. The van der Waals surface area contributed by atoms with Crippen LogP contribution in [0.1, 0.15) is 5.56 Å². The van der Waals surface area contributed by atoms with Gasteiger partial charge in [-0.3, -0.25) is 0 Å². The maximum Gasteiger partial charge on any atom is 0.147 e. The normalized spacial score (nSPS) is 10.5. The summed E-state index contributed by atoms with van der Waals surface area (Å²) in [6.07, 6.45) is 0.852. The second-order valence-electron chi connectivity index (χ2n) is 3.98. The van der Waals surface area contributed by atoms with Crippen LogP contribution in [0.3, 0.4) is 0 Å². The molecule has 5 heteroatoms. The van der Waals surface area contributed by atoms with Crippen molar-refractivity contribution in [2.24, 2.45) is 5.73 Å². The van der Waals surface area contributed by atoms with E-state index in [2.05, 4.69) is 15.9 Å². The molecule has 0 spiro atoms. The molecule has 0 aliphatic heterocycles. The average Bonchev–Trinajstić information content (AvgIpc) is 2.38. The van der Waals surface area contributed by atoms with Crippen LogP contribution in [0.2, 0.25) is 10.0 Å². The van der Waals surface area contributed by atoms with Gasteiger partial charge in [-0.2, -0.15) is 0 Å². The summed E-state index contributed by atoms with van der Waals surface area (Å²) in [5.41, 5.74) is 6.68. The molecule has 0 amide bonds. The first-order valence-electron chi connectivity index (χ1n) is 5.71. The van der Waals surface area contributed by atoms with E-state index in [9.17, 15) is 0 Å². The van der Waals surface area contributed by atoms with Gasteiger partial charge in [-0.1, -0.05) is 35.3 Å². The monoisotopic (exact) mass is 359 g/mol. The molecule has 0 fully saturated rings. The first kappa shape index (κ1) is 14.7. The molecule has 0 saturated carbocycles. The van der Waals surface area contributed by atoms with Gasteiger partial charge in [0, 0.05) is 10.5 Å². The Hall–Kier alpha value is -0.740. The van der Waals surface area contributed by atoms with E-state index in [1.54, 1.807) is 12.1 Å². The largest absolute Gasteiger partial charge is 0.456 e. The van der Waals surface area contributed by atoms with Gasteiger partial charge in [0.25, 0.3) is 0 Å². The van der Waals surface area contributed by atoms with Gasteiger partial charge in [0.1, 0.15) is 11.5 Å². The lowest BCUT2D eigenvalue weighted by atomic mass is 10.1. The van der Waals surface area contributed by atoms with E-state index in [4.69, 9.17) is 33.7 Å². The summed E-state index contributed by atoms with van der Waals surface area (Å²) >= 11 is 15.4. The highest BCUT2D eigenvalue weighted by Gasteiger charge is 2.08. The zero-order chi connectivity index (χ0) is 13.8. The number of benzene rings is 2. The van der Waals surface area contributed by atoms with Crippen molar-refractivity contribution in [2.75, 3.05) is 6.54 Å². The van der Waals surface area contributed by atoms with E-state index in [0.29, 0.717) is 28.1 Å². The number of halogens is 3. The van der Waals surface area contributed by atoms with Crippen LogP contribution in [-0.2, 0) is 6.42 Å². The topological polar surface area (TPSA) is 35.2 Å². The van der Waals surface area contributed by atoms with Crippen LogP contribution in [0.4, 0.5) is 0 Å². The second-order valence-corrected chi connectivity index (χ2v) is 5.65. The molecule has 0 saturated heterocycles. The van der Waals surface area contributed by atoms with Crippen LogP contribution in [0.25, 0.3) is 0 Å². The quantitative estimate of drug-likeness (QED) is 0.774. The standard InChI is InChI=1S/C14H12BrCl2NO/c15-11-7-13(17)14(8-12(11)16)19-10-3-1-9(2-4-10)5-6-18/h1-4,7-8H,5-6,18H2. The van der Waals surface area contributed by atoms with Gasteiger partial charge >= 0.3 is 0 Å². The summed E-state index contributed by atoms with van der Waals surface area (Å²) in [6, 6.07) is 11.1. The van der Waals surface area contributed by atoms with Crippen molar-refractivity contribution in [3.05, 3.63) is 56.5 Å². The zero-order valence-electron chi connectivity index (χ0n) is 10.00. The second kappa shape index (κ2) is 6.62. The minimum atomic E-state index is 0.502. The molecule has 0 heterocycles. The molecule has 2 rings (SSSR count). The number of hydrogen-bond acceptors (Lipinski definition) is 2. The fraction of sp³-hybridized carbons (Fsp3) is 0.143. The van der Waals surface area contributed by atoms with Crippen molar-refractivity contribution in [2.45, 2.75) is 6.42 Å². The van der Waals surface area contributed by atoms with E-state index >= 15 is 0 Å². The fourth-order valence-corrected chi connectivity index (χ4v) is 2.43. The predicted molar refractivity (Wildman–Crippen MR) is 83.4 cm³/mol. The Bertz CT molecular complexity index is 572. The van der Waals surface area contributed by atoms with Crippen LogP contribution in [0.15, 0.2) is 40.9 Å². The highest BCUT2D eigenvalue weighted by molar-refractivity contribution is 9.10. The molecule has 0 radical (unpaired) electrons. The Balaban J connectivity index is 2.19. The molecule has 19 heavy (non-hydrogen) atoms. The van der Waals surface area contributed by atoms with Gasteiger partial charge in [-0.05, 0) is 52.7 Å². The summed E-state index contributed by atoms with van der Waals surface area (Å²) < 4.78 is 6.45. The average molecular weight is 361 g/mol. The number of ether oxygens (including phenoxy) is 1. The van der Waals surface area contributed by atoms with Gasteiger partial charge in [-0.25, -0.2) is 0 Å². The van der Waals surface area contributed by atoms with Gasteiger partial charge in [0.2, 0.25) is 0 Å². The smallest absolute Gasteiger partial charge is 0.147 e. The predicted octanol–water partition coefficient (Wildman–Crippen LogP) is 5.05. The van der Waals surface area contributed by atoms with Gasteiger partial charge < -0.3 is 10.5 Å². The van der Waals surface area contributed by atoms with Crippen molar-refractivity contribution in [1.82, 2.24) is 0 Å². The molecule has 0 bridgehead atoms. The van der Waals surface area contributed by atoms with Crippen molar-refractivity contribution in [3.63, 3.8) is 0 Å². The third-order valence-corrected chi connectivity index (χ3v) is 4.05. The van der Waals surface area contributed by atoms with E-state index < -0.39 is 0 Å². The van der Waals surface area contributed by atoms with E-state index in [1.807, 2.05) is 24.3 Å². The lowest BCUT2D eigenvalue weighted by Crippen LogP contribution is -2.02. The first-order valence-corrected chi connectivity index (χ1v) is 7.26. The molecule has 2 aromatic carbocycles.